The largest absolute Gasteiger partial charge is 0.484 e. The summed E-state index contributed by atoms with van der Waals surface area (Å²) in [7, 11) is 1.96. The number of carbonyl (C=O) groups is 1. The van der Waals surface area contributed by atoms with Crippen molar-refractivity contribution < 1.29 is 9.53 Å². The van der Waals surface area contributed by atoms with Gasteiger partial charge in [-0.15, -0.1) is 0 Å². The number of rotatable bonds is 4. The lowest BCUT2D eigenvalue weighted by Crippen LogP contribution is -2.20. The molecule has 5 nitrogen and oxygen atoms in total. The minimum atomic E-state index is -0.230. The topological polar surface area (TPSA) is 56.1 Å². The Morgan fingerprint density at radius 2 is 2.00 bits per heavy atom. The molecule has 0 radical (unpaired) electrons. The molecule has 0 spiro atoms. The van der Waals surface area contributed by atoms with Gasteiger partial charge >= 0.3 is 0 Å². The van der Waals surface area contributed by atoms with Crippen molar-refractivity contribution in [3.8, 4) is 5.75 Å². The number of fused-ring (bicyclic) bond motifs is 1. The zero-order chi connectivity index (χ0) is 16.4. The van der Waals surface area contributed by atoms with E-state index in [0.29, 0.717) is 16.5 Å². The van der Waals surface area contributed by atoms with Crippen LogP contribution in [0.2, 0.25) is 5.02 Å². The molecule has 118 valence electrons. The van der Waals surface area contributed by atoms with E-state index in [-0.39, 0.29) is 12.5 Å². The molecule has 23 heavy (non-hydrogen) atoms. The Hall–Kier alpha value is -2.53. The van der Waals surface area contributed by atoms with Crippen molar-refractivity contribution in [2.45, 2.75) is 6.92 Å². The summed E-state index contributed by atoms with van der Waals surface area (Å²) in [4.78, 5) is 16.4. The fraction of sp³-hybridized carbons (Fsp3) is 0.176. The maximum atomic E-state index is 12.0. The predicted octanol–water partition coefficient (Wildman–Crippen LogP) is 3.55. The van der Waals surface area contributed by atoms with Gasteiger partial charge in [0.2, 0.25) is 0 Å². The summed E-state index contributed by atoms with van der Waals surface area (Å²) in [6.07, 6.45) is 0. The first kappa shape index (κ1) is 15.4. The fourth-order valence-electron chi connectivity index (χ4n) is 2.27. The summed E-state index contributed by atoms with van der Waals surface area (Å²) < 4.78 is 7.42. The second-order valence-electron chi connectivity index (χ2n) is 5.21. The van der Waals surface area contributed by atoms with E-state index in [1.165, 1.54) is 0 Å². The minimum absolute atomic E-state index is 0.0685. The van der Waals surface area contributed by atoms with Gasteiger partial charge in [-0.2, -0.15) is 0 Å². The monoisotopic (exact) mass is 329 g/mol. The smallest absolute Gasteiger partial charge is 0.262 e. The lowest BCUT2D eigenvalue weighted by molar-refractivity contribution is -0.118. The number of nitrogens with one attached hydrogen (secondary N) is 1. The molecule has 0 bridgehead atoms. The van der Waals surface area contributed by atoms with Crippen LogP contribution in [0.3, 0.4) is 0 Å². The van der Waals surface area contributed by atoms with Gasteiger partial charge in [0.25, 0.3) is 5.91 Å². The highest BCUT2D eigenvalue weighted by molar-refractivity contribution is 6.30. The molecule has 3 rings (SSSR count). The molecule has 1 aromatic heterocycles. The van der Waals surface area contributed by atoms with Crippen LogP contribution in [0, 0.1) is 6.92 Å². The third-order valence-corrected chi connectivity index (χ3v) is 3.82. The van der Waals surface area contributed by atoms with Gasteiger partial charge in [0.15, 0.2) is 6.61 Å². The molecule has 3 aromatic rings. The summed E-state index contributed by atoms with van der Waals surface area (Å²) in [6, 6.07) is 12.5. The molecule has 1 amide bonds. The van der Waals surface area contributed by atoms with E-state index in [1.54, 1.807) is 24.3 Å². The predicted molar refractivity (Wildman–Crippen MR) is 91.0 cm³/mol. The molecule has 0 saturated heterocycles. The Morgan fingerprint density at radius 1 is 1.26 bits per heavy atom. The van der Waals surface area contributed by atoms with Crippen molar-refractivity contribution in [1.82, 2.24) is 9.55 Å². The number of hydrogen-bond donors (Lipinski definition) is 1. The van der Waals surface area contributed by atoms with Crippen LogP contribution in [0.15, 0.2) is 42.5 Å². The van der Waals surface area contributed by atoms with Crippen LogP contribution >= 0.6 is 11.6 Å². The van der Waals surface area contributed by atoms with Crippen LogP contribution in [-0.2, 0) is 11.8 Å². The molecule has 2 aromatic carbocycles. The molecule has 0 unspecified atom stereocenters. The van der Waals surface area contributed by atoms with Crippen LogP contribution in [-0.4, -0.2) is 22.1 Å². The maximum absolute atomic E-state index is 12.0. The van der Waals surface area contributed by atoms with Gasteiger partial charge in [-0.1, -0.05) is 11.6 Å². The van der Waals surface area contributed by atoms with Crippen molar-refractivity contribution in [1.29, 1.82) is 0 Å². The molecule has 0 aliphatic heterocycles. The fourth-order valence-corrected chi connectivity index (χ4v) is 2.40. The highest BCUT2D eigenvalue weighted by atomic mass is 35.5. The van der Waals surface area contributed by atoms with E-state index in [1.807, 2.05) is 36.7 Å². The van der Waals surface area contributed by atoms with Gasteiger partial charge in [0.1, 0.15) is 11.6 Å². The summed E-state index contributed by atoms with van der Waals surface area (Å²) >= 11 is 5.80. The van der Waals surface area contributed by atoms with Crippen molar-refractivity contribution in [2.75, 3.05) is 11.9 Å². The standard InChI is InChI=1S/C17H16ClN3O2/c1-11-19-15-9-13(5-8-16(15)21(11)2)20-17(22)10-23-14-6-3-12(18)4-7-14/h3-9H,10H2,1-2H3,(H,20,22). The molecule has 6 heteroatoms. The summed E-state index contributed by atoms with van der Waals surface area (Å²) in [6.45, 7) is 1.87. The number of benzene rings is 2. The van der Waals surface area contributed by atoms with Crippen molar-refractivity contribution in [3.63, 3.8) is 0 Å². The van der Waals surface area contributed by atoms with Crippen molar-refractivity contribution >= 4 is 34.2 Å². The van der Waals surface area contributed by atoms with Crippen LogP contribution in [0.25, 0.3) is 11.0 Å². The first-order valence-electron chi connectivity index (χ1n) is 7.14. The Labute approximate surface area is 138 Å². The molecule has 1 heterocycles. The molecular formula is C17H16ClN3O2. The van der Waals surface area contributed by atoms with E-state index >= 15 is 0 Å². The van der Waals surface area contributed by atoms with Gasteiger partial charge in [0, 0.05) is 17.8 Å². The number of nitrogens with zero attached hydrogens (tertiary/aromatic N) is 2. The number of amides is 1. The average Bonchev–Trinajstić information content (AvgIpc) is 2.81. The van der Waals surface area contributed by atoms with Crippen molar-refractivity contribution in [2.24, 2.45) is 7.05 Å². The average molecular weight is 330 g/mol. The summed E-state index contributed by atoms with van der Waals surface area (Å²) in [5.41, 5.74) is 2.57. The second kappa shape index (κ2) is 6.30. The molecule has 0 atom stereocenters. The number of ether oxygens (including phenoxy) is 1. The van der Waals surface area contributed by atoms with E-state index < -0.39 is 0 Å². The second-order valence-corrected chi connectivity index (χ2v) is 5.65. The number of aromatic nitrogens is 2. The number of hydrogen-bond acceptors (Lipinski definition) is 3. The van der Waals surface area contributed by atoms with Gasteiger partial charge in [0.05, 0.1) is 11.0 Å². The highest BCUT2D eigenvalue weighted by Crippen LogP contribution is 2.19. The lowest BCUT2D eigenvalue weighted by atomic mass is 10.2. The Morgan fingerprint density at radius 3 is 2.74 bits per heavy atom. The molecule has 0 aliphatic rings. The van der Waals surface area contributed by atoms with Crippen LogP contribution in [0.5, 0.6) is 5.75 Å². The maximum Gasteiger partial charge on any atom is 0.262 e. The summed E-state index contributed by atoms with van der Waals surface area (Å²) in [5, 5.41) is 3.43. The Bertz CT molecular complexity index is 856. The van der Waals surface area contributed by atoms with Gasteiger partial charge in [-0.05, 0) is 49.4 Å². The molecule has 0 aliphatic carbocycles. The van der Waals surface area contributed by atoms with Crippen LogP contribution < -0.4 is 10.1 Å². The number of imidazole rings is 1. The lowest BCUT2D eigenvalue weighted by Gasteiger charge is -2.07. The Balaban J connectivity index is 1.64. The zero-order valence-corrected chi connectivity index (χ0v) is 13.6. The van der Waals surface area contributed by atoms with E-state index in [9.17, 15) is 4.79 Å². The molecule has 0 fully saturated rings. The molecule has 1 N–H and O–H groups in total. The normalized spacial score (nSPS) is 10.7. The number of anilines is 1. The summed E-state index contributed by atoms with van der Waals surface area (Å²) in [5.74, 6) is 1.29. The van der Waals surface area contributed by atoms with Gasteiger partial charge < -0.3 is 14.6 Å². The first-order chi connectivity index (χ1) is 11.0. The third-order valence-electron chi connectivity index (χ3n) is 3.57. The van der Waals surface area contributed by atoms with E-state index in [4.69, 9.17) is 16.3 Å². The highest BCUT2D eigenvalue weighted by Gasteiger charge is 2.08. The SMILES string of the molecule is Cc1nc2cc(NC(=O)COc3ccc(Cl)cc3)ccc2n1C. The number of halogens is 1. The molecular weight excluding hydrogens is 314 g/mol. The van der Waals surface area contributed by atoms with Gasteiger partial charge in [-0.3, -0.25) is 4.79 Å². The van der Waals surface area contributed by atoms with Crippen LogP contribution in [0.1, 0.15) is 5.82 Å². The first-order valence-corrected chi connectivity index (χ1v) is 7.52. The Kier molecular flexibility index (Phi) is 4.21. The van der Waals surface area contributed by atoms with Crippen LogP contribution in [0.4, 0.5) is 5.69 Å². The molecule has 0 saturated carbocycles. The number of carbonyl (C=O) groups excluding carboxylic acids is 1. The van der Waals surface area contributed by atoms with Gasteiger partial charge in [-0.25, -0.2) is 4.98 Å². The van der Waals surface area contributed by atoms with E-state index in [2.05, 4.69) is 10.3 Å². The zero-order valence-electron chi connectivity index (χ0n) is 12.8. The quantitative estimate of drug-likeness (QED) is 0.796. The van der Waals surface area contributed by atoms with Crippen molar-refractivity contribution in [3.05, 3.63) is 53.3 Å². The third kappa shape index (κ3) is 3.46. The van der Waals surface area contributed by atoms with E-state index in [0.717, 1.165) is 16.9 Å². The minimum Gasteiger partial charge on any atom is -0.484 e. The number of aryl methyl sites for hydroxylation is 2.